The van der Waals surface area contributed by atoms with Crippen molar-refractivity contribution in [2.45, 2.75) is 6.92 Å². The largest absolute Gasteiger partial charge is 0.497 e. The highest BCUT2D eigenvalue weighted by Gasteiger charge is 2.25. The molecule has 1 amide bonds. The Labute approximate surface area is 205 Å². The number of anilines is 1. The van der Waals surface area contributed by atoms with E-state index in [1.54, 1.807) is 14.2 Å². The van der Waals surface area contributed by atoms with Gasteiger partial charge >= 0.3 is 0 Å². The van der Waals surface area contributed by atoms with Gasteiger partial charge in [0.05, 0.1) is 36.7 Å². The summed E-state index contributed by atoms with van der Waals surface area (Å²) in [5.41, 5.74) is 5.34. The first-order chi connectivity index (χ1) is 17.1. The predicted octanol–water partition coefficient (Wildman–Crippen LogP) is 5.19. The zero-order chi connectivity index (χ0) is 24.4. The number of rotatable bonds is 5. The summed E-state index contributed by atoms with van der Waals surface area (Å²) in [6.45, 7) is 4.81. The number of amides is 1. The molecular weight excluding hydrogens is 438 g/mol. The van der Waals surface area contributed by atoms with Crippen LogP contribution in [0.4, 0.5) is 5.69 Å². The van der Waals surface area contributed by atoms with Crippen molar-refractivity contribution in [1.29, 1.82) is 0 Å². The summed E-state index contributed by atoms with van der Waals surface area (Å²) in [5.74, 6) is 1.64. The first kappa shape index (κ1) is 22.7. The zero-order valence-corrected chi connectivity index (χ0v) is 20.3. The molecule has 4 aromatic rings. The highest BCUT2D eigenvalue weighted by atomic mass is 16.5. The number of fused-ring (bicyclic) bond motifs is 1. The van der Waals surface area contributed by atoms with Crippen LogP contribution in [0.3, 0.4) is 0 Å². The summed E-state index contributed by atoms with van der Waals surface area (Å²) in [7, 11) is 3.34. The summed E-state index contributed by atoms with van der Waals surface area (Å²) in [4.78, 5) is 22.9. The number of para-hydroxylation sites is 2. The number of aromatic nitrogens is 1. The van der Waals surface area contributed by atoms with E-state index in [0.717, 1.165) is 58.0 Å². The number of carbonyl (C=O) groups is 1. The molecule has 1 fully saturated rings. The van der Waals surface area contributed by atoms with Crippen molar-refractivity contribution in [1.82, 2.24) is 9.88 Å². The molecule has 0 radical (unpaired) electrons. The first-order valence-corrected chi connectivity index (χ1v) is 11.8. The normalized spacial score (nSPS) is 13.7. The number of piperazine rings is 1. The molecule has 6 nitrogen and oxygen atoms in total. The Bertz CT molecular complexity index is 1380. The second-order valence-corrected chi connectivity index (χ2v) is 8.76. The van der Waals surface area contributed by atoms with Crippen LogP contribution in [0.15, 0.2) is 72.8 Å². The number of aryl methyl sites for hydroxylation is 1. The van der Waals surface area contributed by atoms with E-state index in [1.807, 2.05) is 72.5 Å². The Balaban J connectivity index is 1.46. The van der Waals surface area contributed by atoms with E-state index in [-0.39, 0.29) is 5.91 Å². The molecule has 5 rings (SSSR count). The monoisotopic (exact) mass is 467 g/mol. The van der Waals surface area contributed by atoms with Gasteiger partial charge in [-0.25, -0.2) is 4.98 Å². The lowest BCUT2D eigenvalue weighted by molar-refractivity contribution is 0.0748. The van der Waals surface area contributed by atoms with Gasteiger partial charge in [0.1, 0.15) is 11.5 Å². The summed E-state index contributed by atoms with van der Waals surface area (Å²) in [5, 5.41) is 0.883. The molecule has 0 atom stereocenters. The van der Waals surface area contributed by atoms with Crippen LogP contribution in [0.5, 0.6) is 11.5 Å². The van der Waals surface area contributed by atoms with E-state index < -0.39 is 0 Å². The lowest BCUT2D eigenvalue weighted by Gasteiger charge is -2.36. The Morgan fingerprint density at radius 3 is 2.43 bits per heavy atom. The smallest absolute Gasteiger partial charge is 0.254 e. The Hall–Kier alpha value is -4.06. The van der Waals surface area contributed by atoms with Gasteiger partial charge in [-0.05, 0) is 49.4 Å². The summed E-state index contributed by atoms with van der Waals surface area (Å²) in [6.07, 6.45) is 0. The Kier molecular flexibility index (Phi) is 6.27. The molecule has 1 aliphatic rings. The molecule has 1 aromatic heterocycles. The minimum atomic E-state index is 0.0341. The number of benzene rings is 3. The van der Waals surface area contributed by atoms with Crippen LogP contribution in [0.2, 0.25) is 0 Å². The number of hydrogen-bond acceptors (Lipinski definition) is 5. The third-order valence-corrected chi connectivity index (χ3v) is 6.55. The summed E-state index contributed by atoms with van der Waals surface area (Å²) in [6, 6.07) is 23.8. The number of nitrogens with zero attached hydrogens (tertiary/aromatic N) is 3. The van der Waals surface area contributed by atoms with Crippen LogP contribution in [0, 0.1) is 6.92 Å². The average Bonchev–Trinajstić information content (AvgIpc) is 2.92. The van der Waals surface area contributed by atoms with E-state index in [1.165, 1.54) is 0 Å². The van der Waals surface area contributed by atoms with E-state index in [4.69, 9.17) is 14.5 Å². The van der Waals surface area contributed by atoms with Gasteiger partial charge in [0.15, 0.2) is 0 Å². The molecule has 0 bridgehead atoms. The topological polar surface area (TPSA) is 54.9 Å². The molecule has 2 heterocycles. The molecule has 3 aromatic carbocycles. The molecule has 0 N–H and O–H groups in total. The maximum Gasteiger partial charge on any atom is 0.254 e. The predicted molar refractivity (Wildman–Crippen MR) is 140 cm³/mol. The third-order valence-electron chi connectivity index (χ3n) is 6.55. The quantitative estimate of drug-likeness (QED) is 0.404. The van der Waals surface area contributed by atoms with E-state index in [0.29, 0.717) is 18.7 Å². The second kappa shape index (κ2) is 9.66. The third kappa shape index (κ3) is 4.52. The molecule has 6 heteroatoms. The van der Waals surface area contributed by atoms with Gasteiger partial charge in [0.2, 0.25) is 0 Å². The molecule has 1 aliphatic heterocycles. The Morgan fingerprint density at radius 2 is 1.66 bits per heavy atom. The van der Waals surface area contributed by atoms with Crippen LogP contribution in [0.25, 0.3) is 22.2 Å². The van der Waals surface area contributed by atoms with Crippen molar-refractivity contribution < 1.29 is 14.3 Å². The molecule has 0 saturated carbocycles. The van der Waals surface area contributed by atoms with Crippen molar-refractivity contribution in [3.63, 3.8) is 0 Å². The molecule has 35 heavy (non-hydrogen) atoms. The van der Waals surface area contributed by atoms with Crippen LogP contribution in [-0.2, 0) is 0 Å². The van der Waals surface area contributed by atoms with Gasteiger partial charge in [-0.15, -0.1) is 0 Å². The van der Waals surface area contributed by atoms with Crippen molar-refractivity contribution in [2.24, 2.45) is 0 Å². The molecule has 0 aliphatic carbocycles. The van der Waals surface area contributed by atoms with E-state index in [2.05, 4.69) is 17.0 Å². The molecule has 178 valence electrons. The average molecular weight is 468 g/mol. The molecule has 0 unspecified atom stereocenters. The maximum atomic E-state index is 13.8. The second-order valence-electron chi connectivity index (χ2n) is 8.76. The van der Waals surface area contributed by atoms with Gasteiger partial charge in [0, 0.05) is 37.1 Å². The maximum absolute atomic E-state index is 13.8. The van der Waals surface area contributed by atoms with Crippen molar-refractivity contribution in [3.05, 3.63) is 83.9 Å². The van der Waals surface area contributed by atoms with Gasteiger partial charge in [0.25, 0.3) is 5.91 Å². The number of methoxy groups -OCH3 is 2. The van der Waals surface area contributed by atoms with Crippen LogP contribution in [-0.4, -0.2) is 56.2 Å². The fourth-order valence-corrected chi connectivity index (χ4v) is 4.66. The van der Waals surface area contributed by atoms with Gasteiger partial charge in [-0.2, -0.15) is 0 Å². The number of pyridine rings is 1. The first-order valence-electron chi connectivity index (χ1n) is 11.8. The highest BCUT2D eigenvalue weighted by molar-refractivity contribution is 6.07. The Morgan fingerprint density at radius 1 is 0.857 bits per heavy atom. The van der Waals surface area contributed by atoms with Crippen LogP contribution in [0.1, 0.15) is 15.9 Å². The van der Waals surface area contributed by atoms with Crippen molar-refractivity contribution in [3.8, 4) is 22.8 Å². The minimum absolute atomic E-state index is 0.0341. The van der Waals surface area contributed by atoms with E-state index in [9.17, 15) is 4.79 Å². The summed E-state index contributed by atoms with van der Waals surface area (Å²) < 4.78 is 10.9. The SMILES string of the molecule is COc1cccc(-c2cc(C(=O)N3CCN(c4ccccc4OC)CC3)c3cc(C)ccc3n2)c1. The highest BCUT2D eigenvalue weighted by Crippen LogP contribution is 2.31. The van der Waals surface area contributed by atoms with Gasteiger partial charge in [-0.1, -0.05) is 35.9 Å². The van der Waals surface area contributed by atoms with Crippen LogP contribution >= 0.6 is 0 Å². The van der Waals surface area contributed by atoms with E-state index >= 15 is 0 Å². The lowest BCUT2D eigenvalue weighted by Crippen LogP contribution is -2.49. The van der Waals surface area contributed by atoms with Crippen molar-refractivity contribution >= 4 is 22.5 Å². The fraction of sp³-hybridized carbons (Fsp3) is 0.241. The number of ether oxygens (including phenoxy) is 2. The van der Waals surface area contributed by atoms with Gasteiger partial charge in [-0.3, -0.25) is 4.79 Å². The molecular formula is C29H29N3O3. The summed E-state index contributed by atoms with van der Waals surface area (Å²) >= 11 is 0. The minimum Gasteiger partial charge on any atom is -0.497 e. The standard InChI is InChI=1S/C29H29N3O3/c1-20-11-12-25-23(17-20)24(19-26(30-25)21-7-6-8-22(18-21)34-2)29(33)32-15-13-31(14-16-32)27-9-4-5-10-28(27)35-3/h4-12,17-19H,13-16H2,1-3H3. The molecule has 1 saturated heterocycles. The molecule has 0 spiro atoms. The fourth-order valence-electron chi connectivity index (χ4n) is 4.66. The lowest BCUT2D eigenvalue weighted by atomic mass is 10.0. The van der Waals surface area contributed by atoms with Crippen molar-refractivity contribution in [2.75, 3.05) is 45.3 Å². The number of carbonyl (C=O) groups excluding carboxylic acids is 1. The van der Waals surface area contributed by atoms with Crippen LogP contribution < -0.4 is 14.4 Å². The van der Waals surface area contributed by atoms with Gasteiger partial charge < -0.3 is 19.3 Å². The number of hydrogen-bond donors (Lipinski definition) is 0. The zero-order valence-electron chi connectivity index (χ0n) is 20.3.